The Morgan fingerprint density at radius 1 is 1.27 bits per heavy atom. The molecule has 4 rings (SSSR count). The number of benzene rings is 1. The molecule has 0 bridgehead atoms. The SMILES string of the molecule is CCC[C@@H](c1nnnn1Cc1ccco1)N(CCCO)Cc1cc2cccc(C)c2[nH]c1=O. The summed E-state index contributed by atoms with van der Waals surface area (Å²) in [6, 6.07) is 11.6. The standard InChI is InChI=1S/C24H30N6O3/c1-3-7-21(23-26-27-28-30(23)16-20-10-5-13-33-20)29(11-6-12-31)15-19-14-18-9-4-8-17(2)22(18)25-24(19)32/h4-5,8-10,13-14,21,31H,3,6-7,11-12,15-16H2,1-2H3,(H,25,32)/t21-/m0/s1. The third-order valence-corrected chi connectivity index (χ3v) is 5.89. The molecule has 0 aliphatic heterocycles. The van der Waals surface area contributed by atoms with Gasteiger partial charge in [0.2, 0.25) is 0 Å². The number of fused-ring (bicyclic) bond motifs is 1. The molecule has 0 aliphatic rings. The Hall–Kier alpha value is -3.30. The second kappa shape index (κ2) is 10.5. The van der Waals surface area contributed by atoms with Crippen molar-refractivity contribution in [3.8, 4) is 0 Å². The number of pyridine rings is 1. The Bertz CT molecular complexity index is 1230. The number of hydrogen-bond acceptors (Lipinski definition) is 7. The van der Waals surface area contributed by atoms with Gasteiger partial charge in [-0.25, -0.2) is 4.68 Å². The largest absolute Gasteiger partial charge is 0.467 e. The van der Waals surface area contributed by atoms with E-state index in [0.717, 1.165) is 40.9 Å². The highest BCUT2D eigenvalue weighted by atomic mass is 16.3. The minimum absolute atomic E-state index is 0.0694. The lowest BCUT2D eigenvalue weighted by atomic mass is 10.1. The van der Waals surface area contributed by atoms with Crippen molar-refractivity contribution in [2.45, 2.75) is 52.2 Å². The maximum absolute atomic E-state index is 13.0. The van der Waals surface area contributed by atoms with Crippen molar-refractivity contribution < 1.29 is 9.52 Å². The molecule has 3 heterocycles. The van der Waals surface area contributed by atoms with Gasteiger partial charge in [0.15, 0.2) is 5.82 Å². The van der Waals surface area contributed by atoms with Crippen LogP contribution in [0.3, 0.4) is 0 Å². The van der Waals surface area contributed by atoms with E-state index in [1.165, 1.54) is 0 Å². The number of aromatic amines is 1. The van der Waals surface area contributed by atoms with E-state index < -0.39 is 0 Å². The van der Waals surface area contributed by atoms with Crippen molar-refractivity contribution in [2.75, 3.05) is 13.2 Å². The lowest BCUT2D eigenvalue weighted by molar-refractivity contribution is 0.147. The van der Waals surface area contributed by atoms with Crippen molar-refractivity contribution in [3.63, 3.8) is 0 Å². The molecule has 0 spiro atoms. The second-order valence-corrected chi connectivity index (χ2v) is 8.29. The Kier molecular flexibility index (Phi) is 7.31. The van der Waals surface area contributed by atoms with Crippen LogP contribution in [0, 0.1) is 6.92 Å². The number of nitrogens with one attached hydrogen (secondary N) is 1. The Balaban J connectivity index is 1.68. The number of rotatable bonds is 11. The number of aliphatic hydroxyl groups excluding tert-OH is 1. The second-order valence-electron chi connectivity index (χ2n) is 8.29. The van der Waals surface area contributed by atoms with Gasteiger partial charge in [0, 0.05) is 25.3 Å². The van der Waals surface area contributed by atoms with Crippen LogP contribution in [0.2, 0.25) is 0 Å². The number of aryl methyl sites for hydroxylation is 1. The Morgan fingerprint density at radius 2 is 2.15 bits per heavy atom. The molecular weight excluding hydrogens is 420 g/mol. The molecule has 0 saturated heterocycles. The fourth-order valence-corrected chi connectivity index (χ4v) is 4.25. The van der Waals surface area contributed by atoms with Gasteiger partial charge >= 0.3 is 0 Å². The Labute approximate surface area is 192 Å². The van der Waals surface area contributed by atoms with Crippen molar-refractivity contribution in [2.24, 2.45) is 0 Å². The zero-order chi connectivity index (χ0) is 23.2. The number of para-hydroxylation sites is 1. The van der Waals surface area contributed by atoms with Gasteiger partial charge in [0.1, 0.15) is 12.3 Å². The van der Waals surface area contributed by atoms with E-state index in [4.69, 9.17) is 4.42 Å². The maximum Gasteiger partial charge on any atom is 0.252 e. The molecule has 33 heavy (non-hydrogen) atoms. The van der Waals surface area contributed by atoms with E-state index in [1.807, 2.05) is 43.3 Å². The first kappa shape index (κ1) is 22.9. The molecule has 0 saturated carbocycles. The van der Waals surface area contributed by atoms with E-state index in [1.54, 1.807) is 10.9 Å². The molecule has 0 unspecified atom stereocenters. The predicted octanol–water partition coefficient (Wildman–Crippen LogP) is 3.19. The van der Waals surface area contributed by atoms with Crippen LogP contribution in [0.15, 0.2) is 51.9 Å². The van der Waals surface area contributed by atoms with Gasteiger partial charge in [0.05, 0.1) is 17.8 Å². The van der Waals surface area contributed by atoms with Gasteiger partial charge < -0.3 is 14.5 Å². The third kappa shape index (κ3) is 5.20. The van der Waals surface area contributed by atoms with Crippen LogP contribution in [-0.4, -0.2) is 48.3 Å². The minimum atomic E-state index is -0.112. The van der Waals surface area contributed by atoms with Gasteiger partial charge in [-0.15, -0.1) is 5.10 Å². The van der Waals surface area contributed by atoms with Crippen molar-refractivity contribution in [1.82, 2.24) is 30.1 Å². The molecule has 4 aromatic rings. The monoisotopic (exact) mass is 450 g/mol. The number of H-pyrrole nitrogens is 1. The fourth-order valence-electron chi connectivity index (χ4n) is 4.25. The highest BCUT2D eigenvalue weighted by molar-refractivity contribution is 5.81. The average molecular weight is 451 g/mol. The molecule has 3 aromatic heterocycles. The van der Waals surface area contributed by atoms with Crippen LogP contribution in [0.5, 0.6) is 0 Å². The third-order valence-electron chi connectivity index (χ3n) is 5.89. The summed E-state index contributed by atoms with van der Waals surface area (Å²) in [5.41, 5.74) is 2.48. The smallest absolute Gasteiger partial charge is 0.252 e. The summed E-state index contributed by atoms with van der Waals surface area (Å²) in [4.78, 5) is 18.2. The number of aliphatic hydroxyl groups is 1. The van der Waals surface area contributed by atoms with Crippen LogP contribution in [0.25, 0.3) is 10.9 Å². The molecule has 0 radical (unpaired) electrons. The minimum Gasteiger partial charge on any atom is -0.467 e. The van der Waals surface area contributed by atoms with Gasteiger partial charge in [-0.2, -0.15) is 0 Å². The van der Waals surface area contributed by atoms with Crippen molar-refractivity contribution in [1.29, 1.82) is 0 Å². The van der Waals surface area contributed by atoms with Gasteiger partial charge in [0.25, 0.3) is 5.56 Å². The number of hydrogen-bond donors (Lipinski definition) is 2. The van der Waals surface area contributed by atoms with Gasteiger partial charge in [-0.1, -0.05) is 31.5 Å². The highest BCUT2D eigenvalue weighted by Crippen LogP contribution is 2.27. The number of aromatic nitrogens is 5. The van der Waals surface area contributed by atoms with Crippen LogP contribution in [0.4, 0.5) is 0 Å². The van der Waals surface area contributed by atoms with Crippen LogP contribution in [-0.2, 0) is 13.1 Å². The van der Waals surface area contributed by atoms with Crippen LogP contribution < -0.4 is 5.56 Å². The van der Waals surface area contributed by atoms with E-state index in [9.17, 15) is 9.90 Å². The normalized spacial score (nSPS) is 12.6. The quantitative estimate of drug-likeness (QED) is 0.361. The summed E-state index contributed by atoms with van der Waals surface area (Å²) in [6.45, 7) is 5.64. The summed E-state index contributed by atoms with van der Waals surface area (Å²) in [5.74, 6) is 1.49. The topological polar surface area (TPSA) is 113 Å². The van der Waals surface area contributed by atoms with E-state index >= 15 is 0 Å². The predicted molar refractivity (Wildman–Crippen MR) is 125 cm³/mol. The molecule has 0 fully saturated rings. The number of tetrazole rings is 1. The zero-order valence-corrected chi connectivity index (χ0v) is 19.1. The number of furan rings is 1. The summed E-state index contributed by atoms with van der Waals surface area (Å²) >= 11 is 0. The number of nitrogens with zero attached hydrogens (tertiary/aromatic N) is 5. The molecular formula is C24H30N6O3. The first-order chi connectivity index (χ1) is 16.1. The van der Waals surface area contributed by atoms with Crippen LogP contribution in [0.1, 0.15) is 54.9 Å². The molecule has 1 aromatic carbocycles. The van der Waals surface area contributed by atoms with E-state index in [-0.39, 0.29) is 18.2 Å². The summed E-state index contributed by atoms with van der Waals surface area (Å²) in [7, 11) is 0. The van der Waals surface area contributed by atoms with Crippen LogP contribution >= 0.6 is 0 Å². The maximum atomic E-state index is 13.0. The first-order valence-electron chi connectivity index (χ1n) is 11.4. The van der Waals surface area contributed by atoms with Gasteiger partial charge in [-0.05, 0) is 59.3 Å². The molecule has 9 heteroatoms. The molecule has 0 amide bonds. The lowest BCUT2D eigenvalue weighted by Crippen LogP contribution is -2.34. The van der Waals surface area contributed by atoms with Crippen molar-refractivity contribution in [3.05, 3.63) is 75.7 Å². The highest BCUT2D eigenvalue weighted by Gasteiger charge is 2.26. The first-order valence-corrected chi connectivity index (χ1v) is 11.4. The van der Waals surface area contributed by atoms with Crippen molar-refractivity contribution >= 4 is 10.9 Å². The fraction of sp³-hybridized carbons (Fsp3) is 0.417. The summed E-state index contributed by atoms with van der Waals surface area (Å²) in [6.07, 6.45) is 3.95. The lowest BCUT2D eigenvalue weighted by Gasteiger charge is -2.30. The van der Waals surface area contributed by atoms with E-state index in [2.05, 4.69) is 32.3 Å². The molecule has 9 nitrogen and oxygen atoms in total. The summed E-state index contributed by atoms with van der Waals surface area (Å²) in [5, 5.41) is 23.0. The van der Waals surface area contributed by atoms with Gasteiger partial charge in [-0.3, -0.25) is 9.69 Å². The average Bonchev–Trinajstić information content (AvgIpc) is 3.49. The molecule has 2 N–H and O–H groups in total. The molecule has 1 atom stereocenters. The van der Waals surface area contributed by atoms with E-state index in [0.29, 0.717) is 31.6 Å². The molecule has 0 aliphatic carbocycles. The summed E-state index contributed by atoms with van der Waals surface area (Å²) < 4.78 is 7.23. The molecule has 174 valence electrons. The Morgan fingerprint density at radius 3 is 2.91 bits per heavy atom. The zero-order valence-electron chi connectivity index (χ0n) is 19.1.